The van der Waals surface area contributed by atoms with Crippen LogP contribution < -0.4 is 10.6 Å². The van der Waals surface area contributed by atoms with E-state index in [0.717, 1.165) is 32.1 Å². The molecule has 0 spiro atoms. The zero-order valence-electron chi connectivity index (χ0n) is 43.4. The maximum Gasteiger partial charge on any atom is 0.408 e. The second-order valence-electron chi connectivity index (χ2n) is 25.2. The van der Waals surface area contributed by atoms with Gasteiger partial charge in [0.2, 0.25) is 0 Å². The van der Waals surface area contributed by atoms with E-state index in [4.69, 9.17) is 18.9 Å². The Hall–Kier alpha value is -2.60. The number of amides is 2. The summed E-state index contributed by atoms with van der Waals surface area (Å²) in [5, 5.41) is 28.8. The summed E-state index contributed by atoms with van der Waals surface area (Å²) in [6.45, 7) is 35.9. The predicted molar refractivity (Wildman–Crippen MR) is 250 cm³/mol. The lowest BCUT2D eigenvalue weighted by Crippen LogP contribution is -2.67. The van der Waals surface area contributed by atoms with Gasteiger partial charge in [-0.05, 0) is 172 Å². The van der Waals surface area contributed by atoms with Crippen molar-refractivity contribution in [3.8, 4) is 0 Å². The maximum absolute atomic E-state index is 14.7. The molecule has 4 aliphatic carbocycles. The molecule has 0 bridgehead atoms. The average molecular weight is 905 g/mol. The van der Waals surface area contributed by atoms with Crippen LogP contribution in [0, 0.1) is 57.2 Å². The fourth-order valence-corrected chi connectivity index (χ4v) is 13.4. The van der Waals surface area contributed by atoms with E-state index in [-0.39, 0.29) is 57.9 Å². The number of nitrogens with one attached hydrogen (secondary N) is 2. The second-order valence-corrected chi connectivity index (χ2v) is 25.2. The third-order valence-corrected chi connectivity index (χ3v) is 17.4. The second kappa shape index (κ2) is 19.2. The molecule has 4 rings (SSSR count). The highest BCUT2D eigenvalue weighted by molar-refractivity contribution is 5.82. The van der Waals surface area contributed by atoms with Gasteiger partial charge in [-0.15, -0.1) is 0 Å². The predicted octanol–water partition coefficient (Wildman–Crippen LogP) is 10.7. The SMILES string of the molecule is CC[C@H](C)[C@H](NC(=O)OC(C)(C)C)C(=O)O[C@H]1CC[C@]2(C)[C@H]3C[C@@H](OC(=O)[C@@H](NC(=O)OC(C)(C)C)[C@@H](C)CC)[C@@H]4[C@@H]([C@](C)(O)CCCC(C)(C)O)CC[C@@]4(C)[C@]3(C)CC[C@H]2C1(C)C. The minimum Gasteiger partial charge on any atom is -0.461 e. The number of hydrogen-bond acceptors (Lipinski definition) is 10. The third-order valence-electron chi connectivity index (χ3n) is 17.4. The van der Waals surface area contributed by atoms with Gasteiger partial charge < -0.3 is 39.8 Å². The van der Waals surface area contributed by atoms with Crippen molar-refractivity contribution in [3.63, 3.8) is 0 Å². The highest BCUT2D eigenvalue weighted by Gasteiger charge is 2.72. The zero-order valence-corrected chi connectivity index (χ0v) is 43.4. The first-order valence-corrected chi connectivity index (χ1v) is 24.9. The number of carbonyl (C=O) groups is 4. The summed E-state index contributed by atoms with van der Waals surface area (Å²) < 4.78 is 24.5. The van der Waals surface area contributed by atoms with Crippen molar-refractivity contribution >= 4 is 24.1 Å². The molecule has 0 aromatic rings. The Kier molecular flexibility index (Phi) is 16.2. The monoisotopic (exact) mass is 905 g/mol. The zero-order chi connectivity index (χ0) is 48.8. The lowest BCUT2D eigenvalue weighted by molar-refractivity contribution is -0.253. The van der Waals surface area contributed by atoms with E-state index in [2.05, 4.69) is 45.3 Å². The van der Waals surface area contributed by atoms with E-state index < -0.39 is 70.1 Å². The molecule has 0 aromatic carbocycles. The van der Waals surface area contributed by atoms with Crippen LogP contribution in [-0.4, -0.2) is 81.0 Å². The summed E-state index contributed by atoms with van der Waals surface area (Å²) in [6.07, 6.45) is 6.45. The average Bonchev–Trinajstić information content (AvgIpc) is 3.52. The Bertz CT molecular complexity index is 1660. The fraction of sp³-hybridized carbons (Fsp3) is 0.923. The summed E-state index contributed by atoms with van der Waals surface area (Å²) in [5.74, 6) is -1.30. The lowest BCUT2D eigenvalue weighted by Gasteiger charge is -2.70. The molecule has 4 N–H and O–H groups in total. The number of esters is 2. The molecule has 4 saturated carbocycles. The van der Waals surface area contributed by atoms with Gasteiger partial charge >= 0.3 is 24.1 Å². The van der Waals surface area contributed by atoms with Gasteiger partial charge in [0.25, 0.3) is 0 Å². The molecule has 0 heterocycles. The Morgan fingerprint density at radius 3 is 1.61 bits per heavy atom. The van der Waals surface area contributed by atoms with Crippen molar-refractivity contribution in [2.75, 3.05) is 0 Å². The van der Waals surface area contributed by atoms with Crippen LogP contribution in [0.3, 0.4) is 0 Å². The molecule has 12 nitrogen and oxygen atoms in total. The fourth-order valence-electron chi connectivity index (χ4n) is 13.4. The summed E-state index contributed by atoms with van der Waals surface area (Å²) in [7, 11) is 0. The molecule has 0 radical (unpaired) electrons. The maximum atomic E-state index is 14.7. The summed E-state index contributed by atoms with van der Waals surface area (Å²) in [4.78, 5) is 54.9. The molecular formula is C52H92N2O10. The molecule has 4 aliphatic rings. The van der Waals surface area contributed by atoms with Crippen LogP contribution in [0.1, 0.15) is 202 Å². The third kappa shape index (κ3) is 11.6. The Labute approximate surface area is 387 Å². The van der Waals surface area contributed by atoms with E-state index in [1.807, 2.05) is 34.6 Å². The summed E-state index contributed by atoms with van der Waals surface area (Å²) >= 11 is 0. The van der Waals surface area contributed by atoms with Crippen molar-refractivity contribution in [3.05, 3.63) is 0 Å². The Morgan fingerprint density at radius 2 is 1.14 bits per heavy atom. The molecule has 0 saturated heterocycles. The van der Waals surface area contributed by atoms with Gasteiger partial charge in [-0.2, -0.15) is 0 Å². The molecule has 12 heteroatoms. The smallest absolute Gasteiger partial charge is 0.408 e. The first kappa shape index (κ1) is 54.0. The van der Waals surface area contributed by atoms with Crippen LogP contribution in [0.2, 0.25) is 0 Å². The number of hydrogen-bond donors (Lipinski definition) is 4. The molecule has 370 valence electrons. The largest absolute Gasteiger partial charge is 0.461 e. The van der Waals surface area contributed by atoms with Crippen LogP contribution in [0.4, 0.5) is 9.59 Å². The quantitative estimate of drug-likeness (QED) is 0.0916. The molecule has 0 aliphatic heterocycles. The number of carbonyl (C=O) groups excluding carboxylic acids is 4. The van der Waals surface area contributed by atoms with Gasteiger partial charge in [0.15, 0.2) is 0 Å². The first-order valence-electron chi connectivity index (χ1n) is 24.9. The van der Waals surface area contributed by atoms with E-state index in [1.54, 1.807) is 55.4 Å². The van der Waals surface area contributed by atoms with Crippen molar-refractivity contribution < 1.29 is 48.3 Å². The molecule has 4 fully saturated rings. The highest BCUT2D eigenvalue weighted by atomic mass is 16.6. The van der Waals surface area contributed by atoms with Gasteiger partial charge in [-0.1, -0.05) is 75.2 Å². The van der Waals surface area contributed by atoms with E-state index in [0.29, 0.717) is 44.9 Å². The van der Waals surface area contributed by atoms with Crippen LogP contribution in [-0.2, 0) is 28.5 Å². The minimum absolute atomic E-state index is 0.134. The molecule has 64 heavy (non-hydrogen) atoms. The van der Waals surface area contributed by atoms with Gasteiger partial charge in [-0.3, -0.25) is 0 Å². The van der Waals surface area contributed by atoms with Crippen LogP contribution in [0.5, 0.6) is 0 Å². The topological polar surface area (TPSA) is 170 Å². The molecule has 0 unspecified atom stereocenters. The van der Waals surface area contributed by atoms with Crippen molar-refractivity contribution in [2.45, 2.75) is 248 Å². The number of aliphatic hydroxyl groups is 2. The number of ether oxygens (including phenoxy) is 4. The number of fused-ring (bicyclic) bond motifs is 5. The highest BCUT2D eigenvalue weighted by Crippen LogP contribution is 2.76. The molecule has 2 amide bonds. The summed E-state index contributed by atoms with van der Waals surface area (Å²) in [5.41, 5.74) is -4.45. The standard InChI is InChI=1S/C52H92N2O10/c1-19-31(3)39(53-43(57)63-45(5,6)7)41(55)61-34-30-36-49(15)27-24-37(62-42(56)40(32(4)20-2)54-44(58)64-46(8,9)10)48(13,14)35(49)23-29-50(36,16)51(17)28-22-33(38(34)51)52(18,60)26-21-25-47(11,12)59/h31-40,59-60H,19-30H2,1-18H3,(H,53,57)(H,54,58)/t31-,32-,33-,34+,35-,36+,37-,38-,39-,40-,49-,50+,51+,52+/m0/s1. The van der Waals surface area contributed by atoms with E-state index in [1.165, 1.54) is 0 Å². The van der Waals surface area contributed by atoms with Crippen molar-refractivity contribution in [1.82, 2.24) is 10.6 Å². The summed E-state index contributed by atoms with van der Waals surface area (Å²) in [6, 6.07) is -1.77. The molecule has 0 aromatic heterocycles. The Balaban J connectivity index is 1.72. The van der Waals surface area contributed by atoms with Gasteiger partial charge in [0.05, 0.1) is 11.2 Å². The van der Waals surface area contributed by atoms with Crippen molar-refractivity contribution in [2.24, 2.45) is 57.2 Å². The van der Waals surface area contributed by atoms with Gasteiger partial charge in [0.1, 0.15) is 35.5 Å². The molecular weight excluding hydrogens is 813 g/mol. The normalized spacial score (nSPS) is 34.2. The van der Waals surface area contributed by atoms with Crippen LogP contribution in [0.25, 0.3) is 0 Å². The van der Waals surface area contributed by atoms with E-state index in [9.17, 15) is 29.4 Å². The van der Waals surface area contributed by atoms with Crippen molar-refractivity contribution in [1.29, 1.82) is 0 Å². The van der Waals surface area contributed by atoms with Gasteiger partial charge in [0, 0.05) is 11.3 Å². The lowest BCUT2D eigenvalue weighted by atomic mass is 9.35. The number of rotatable bonds is 15. The van der Waals surface area contributed by atoms with Crippen LogP contribution >= 0.6 is 0 Å². The minimum atomic E-state index is -1.07. The van der Waals surface area contributed by atoms with Gasteiger partial charge in [-0.25, -0.2) is 19.2 Å². The first-order chi connectivity index (χ1) is 29.1. The Morgan fingerprint density at radius 1 is 0.656 bits per heavy atom. The van der Waals surface area contributed by atoms with E-state index >= 15 is 0 Å². The number of alkyl carbamates (subject to hydrolysis) is 2. The van der Waals surface area contributed by atoms with Crippen LogP contribution in [0.15, 0.2) is 0 Å². The molecule has 14 atom stereocenters.